The number of rotatable bonds is 8. The van der Waals surface area contributed by atoms with E-state index in [-0.39, 0.29) is 10.7 Å². The predicted molar refractivity (Wildman–Crippen MR) is 133 cm³/mol. The Kier molecular flexibility index (Phi) is 6.91. The molecule has 0 aliphatic carbocycles. The van der Waals surface area contributed by atoms with Crippen LogP contribution in [0.4, 0.5) is 0 Å². The zero-order chi connectivity index (χ0) is 25.9. The number of hydrogen-bond donors (Lipinski definition) is 2. The smallest absolute Gasteiger partial charge is 0.268 e. The largest absolute Gasteiger partial charge is 0.493 e. The highest BCUT2D eigenvalue weighted by atomic mass is 32.2. The monoisotopic (exact) mass is 506 g/mol. The van der Waals surface area contributed by atoms with E-state index in [1.165, 1.54) is 44.1 Å². The van der Waals surface area contributed by atoms with Gasteiger partial charge in [0.1, 0.15) is 0 Å². The average Bonchev–Trinajstić information content (AvgIpc) is 3.35. The second-order valence-electron chi connectivity index (χ2n) is 7.67. The van der Waals surface area contributed by atoms with E-state index >= 15 is 0 Å². The van der Waals surface area contributed by atoms with Crippen LogP contribution in [-0.2, 0) is 14.8 Å². The third-order valence-electron chi connectivity index (χ3n) is 5.51. The number of hydroxylamine groups is 1. The van der Waals surface area contributed by atoms with E-state index in [4.69, 9.17) is 14.7 Å². The molecule has 4 aromatic rings. The molecule has 0 saturated heterocycles. The molecule has 0 unspecified atom stereocenters. The van der Waals surface area contributed by atoms with E-state index in [1.807, 2.05) is 0 Å². The molecule has 0 bridgehead atoms. The summed E-state index contributed by atoms with van der Waals surface area (Å²) in [6, 6.07) is 17.3. The second kappa shape index (κ2) is 10.1. The minimum absolute atomic E-state index is 0.0111. The Hall–Kier alpha value is -4.41. The van der Waals surface area contributed by atoms with Crippen molar-refractivity contribution in [3.8, 4) is 11.5 Å². The number of fused-ring (bicyclic) bond motifs is 1. The van der Waals surface area contributed by atoms with Crippen LogP contribution in [0.25, 0.3) is 17.0 Å². The topological polar surface area (TPSA) is 124 Å². The summed E-state index contributed by atoms with van der Waals surface area (Å²) in [6.07, 6.45) is 3.88. The molecule has 0 atom stereocenters. The molecular formula is C26H22N2O7S. The minimum Gasteiger partial charge on any atom is -0.493 e. The van der Waals surface area contributed by atoms with Crippen LogP contribution in [0.1, 0.15) is 21.5 Å². The van der Waals surface area contributed by atoms with Crippen LogP contribution < -0.4 is 15.0 Å². The zero-order valence-corrected chi connectivity index (χ0v) is 20.2. The van der Waals surface area contributed by atoms with Crippen LogP contribution in [0.3, 0.4) is 0 Å². The first-order valence-electron chi connectivity index (χ1n) is 10.6. The number of carbonyl (C=O) groups excluding carboxylic acids is 2. The van der Waals surface area contributed by atoms with Crippen molar-refractivity contribution in [3.05, 3.63) is 95.7 Å². The number of nitrogens with zero attached hydrogens (tertiary/aromatic N) is 1. The fourth-order valence-corrected chi connectivity index (χ4v) is 5.12. The number of hydrogen-bond acceptors (Lipinski definition) is 7. The molecule has 0 spiro atoms. The number of aromatic nitrogens is 1. The highest BCUT2D eigenvalue weighted by molar-refractivity contribution is 7.90. The summed E-state index contributed by atoms with van der Waals surface area (Å²) < 4.78 is 38.3. The SMILES string of the molecule is COc1ccc(C(=O)c2ccc3c(ccn3S(=O)(=O)c3cccc(/C=C/C(=O)NO)c3)c2)cc1OC. The maximum Gasteiger partial charge on any atom is 0.268 e. The van der Waals surface area contributed by atoms with Gasteiger partial charge in [0.15, 0.2) is 17.3 Å². The summed E-state index contributed by atoms with van der Waals surface area (Å²) in [6.45, 7) is 0. The average molecular weight is 507 g/mol. The van der Waals surface area contributed by atoms with Crippen molar-refractivity contribution >= 4 is 38.7 Å². The molecule has 0 aliphatic rings. The van der Waals surface area contributed by atoms with Gasteiger partial charge in [-0.2, -0.15) is 0 Å². The summed E-state index contributed by atoms with van der Waals surface area (Å²) in [5.41, 5.74) is 3.12. The first-order valence-corrected chi connectivity index (χ1v) is 12.1. The molecule has 0 aliphatic heterocycles. The molecule has 0 fully saturated rings. The molecule has 2 N–H and O–H groups in total. The van der Waals surface area contributed by atoms with Crippen LogP contribution in [-0.4, -0.2) is 43.5 Å². The van der Waals surface area contributed by atoms with E-state index in [1.54, 1.807) is 54.6 Å². The number of benzene rings is 3. The molecule has 1 amide bonds. The lowest BCUT2D eigenvalue weighted by Gasteiger charge is -2.10. The highest BCUT2D eigenvalue weighted by Gasteiger charge is 2.20. The number of ketones is 1. The van der Waals surface area contributed by atoms with Gasteiger partial charge in [0, 0.05) is 28.8 Å². The quantitative estimate of drug-likeness (QED) is 0.162. The Morgan fingerprint density at radius 3 is 2.36 bits per heavy atom. The lowest BCUT2D eigenvalue weighted by molar-refractivity contribution is -0.124. The number of ether oxygens (including phenoxy) is 2. The van der Waals surface area contributed by atoms with Crippen LogP contribution in [0.15, 0.2) is 83.9 Å². The van der Waals surface area contributed by atoms with Crippen molar-refractivity contribution in [2.24, 2.45) is 0 Å². The van der Waals surface area contributed by atoms with E-state index < -0.39 is 15.9 Å². The number of methoxy groups -OCH3 is 2. The van der Waals surface area contributed by atoms with Gasteiger partial charge in [0.05, 0.1) is 24.6 Å². The first-order chi connectivity index (χ1) is 17.3. The Labute approximate surface area is 207 Å². The lowest BCUT2D eigenvalue weighted by Crippen LogP contribution is -2.14. The van der Waals surface area contributed by atoms with Gasteiger partial charge in [-0.05, 0) is 66.2 Å². The maximum atomic E-state index is 13.4. The molecular weight excluding hydrogens is 484 g/mol. The summed E-state index contributed by atoms with van der Waals surface area (Å²) in [7, 11) is -0.979. The van der Waals surface area contributed by atoms with E-state index in [0.717, 1.165) is 10.0 Å². The maximum absolute atomic E-state index is 13.4. The third-order valence-corrected chi connectivity index (χ3v) is 7.20. The molecule has 3 aromatic carbocycles. The Morgan fingerprint density at radius 2 is 1.64 bits per heavy atom. The third kappa shape index (κ3) is 4.72. The second-order valence-corrected chi connectivity index (χ2v) is 9.49. The summed E-state index contributed by atoms with van der Waals surface area (Å²) in [5.74, 6) is -0.0586. The van der Waals surface area contributed by atoms with E-state index in [9.17, 15) is 18.0 Å². The van der Waals surface area contributed by atoms with Crippen molar-refractivity contribution in [1.82, 2.24) is 9.45 Å². The van der Waals surface area contributed by atoms with Gasteiger partial charge in [-0.15, -0.1) is 0 Å². The van der Waals surface area contributed by atoms with Gasteiger partial charge in [-0.3, -0.25) is 14.8 Å². The van der Waals surface area contributed by atoms with Crippen LogP contribution in [0.2, 0.25) is 0 Å². The molecule has 9 nitrogen and oxygen atoms in total. The minimum atomic E-state index is -3.97. The highest BCUT2D eigenvalue weighted by Crippen LogP contribution is 2.29. The number of carbonyl (C=O) groups is 2. The Morgan fingerprint density at radius 1 is 0.917 bits per heavy atom. The molecule has 36 heavy (non-hydrogen) atoms. The summed E-state index contributed by atoms with van der Waals surface area (Å²) in [5, 5.41) is 9.17. The zero-order valence-electron chi connectivity index (χ0n) is 19.3. The molecule has 1 aromatic heterocycles. The van der Waals surface area contributed by atoms with Gasteiger partial charge in [-0.1, -0.05) is 12.1 Å². The van der Waals surface area contributed by atoms with Gasteiger partial charge in [0.25, 0.3) is 15.9 Å². The molecule has 0 saturated carbocycles. The molecule has 1 heterocycles. The van der Waals surface area contributed by atoms with Crippen LogP contribution in [0.5, 0.6) is 11.5 Å². The molecule has 184 valence electrons. The standard InChI is InChI=1S/C26H22N2O7S/c1-34-23-10-8-20(16-24(23)35-2)26(30)19-7-9-22-18(15-19)12-13-28(22)36(32,33)21-5-3-4-17(14-21)6-11-25(29)27-31/h3-16,31H,1-2H3,(H,27,29)/b11-6+. The molecule has 10 heteroatoms. The van der Waals surface area contributed by atoms with Gasteiger partial charge >= 0.3 is 0 Å². The normalized spacial score (nSPS) is 11.5. The summed E-state index contributed by atoms with van der Waals surface area (Å²) in [4.78, 5) is 24.3. The molecule has 0 radical (unpaired) electrons. The number of amides is 1. The van der Waals surface area contributed by atoms with Crippen LogP contribution >= 0.6 is 0 Å². The Balaban J connectivity index is 1.68. The Bertz CT molecular complexity index is 1600. The van der Waals surface area contributed by atoms with Gasteiger partial charge in [0.2, 0.25) is 0 Å². The lowest BCUT2D eigenvalue weighted by atomic mass is 10.0. The van der Waals surface area contributed by atoms with Crippen molar-refractivity contribution in [2.45, 2.75) is 4.90 Å². The fraction of sp³-hybridized carbons (Fsp3) is 0.0769. The number of nitrogens with one attached hydrogen (secondary N) is 1. The van der Waals surface area contributed by atoms with Crippen molar-refractivity contribution < 1.29 is 32.7 Å². The van der Waals surface area contributed by atoms with Crippen molar-refractivity contribution in [1.29, 1.82) is 0 Å². The van der Waals surface area contributed by atoms with Gasteiger partial charge < -0.3 is 9.47 Å². The van der Waals surface area contributed by atoms with Gasteiger partial charge in [-0.25, -0.2) is 17.9 Å². The predicted octanol–water partition coefficient (Wildman–Crippen LogP) is 3.65. The van der Waals surface area contributed by atoms with Crippen LogP contribution in [0, 0.1) is 0 Å². The first kappa shape index (κ1) is 24.7. The van der Waals surface area contributed by atoms with Crippen molar-refractivity contribution in [3.63, 3.8) is 0 Å². The summed E-state index contributed by atoms with van der Waals surface area (Å²) >= 11 is 0. The molecule has 4 rings (SSSR count). The van der Waals surface area contributed by atoms with E-state index in [0.29, 0.717) is 39.1 Å². The van der Waals surface area contributed by atoms with E-state index in [2.05, 4.69) is 0 Å². The fourth-order valence-electron chi connectivity index (χ4n) is 3.71. The van der Waals surface area contributed by atoms with Crippen molar-refractivity contribution in [2.75, 3.05) is 14.2 Å².